The predicted molar refractivity (Wildman–Crippen MR) is 162 cm³/mol. The van der Waals surface area contributed by atoms with Gasteiger partial charge in [0.1, 0.15) is 0 Å². The van der Waals surface area contributed by atoms with Crippen molar-refractivity contribution in [2.45, 2.75) is 0 Å². The molecule has 0 aliphatic rings. The lowest BCUT2D eigenvalue weighted by Crippen LogP contribution is -2.09. The third-order valence-corrected chi connectivity index (χ3v) is 7.02. The molecule has 0 N–H and O–H groups in total. The molecule has 0 radical (unpaired) electrons. The van der Waals surface area contributed by atoms with Crippen LogP contribution < -0.4 is 4.90 Å². The maximum Gasteiger partial charge on any atom is 0.0462 e. The minimum atomic E-state index is 0.723. The van der Waals surface area contributed by atoms with Crippen molar-refractivity contribution < 1.29 is 0 Å². The molecule has 0 atom stereocenters. The Balaban J connectivity index is 1.39. The summed E-state index contributed by atoms with van der Waals surface area (Å²) < 4.78 is 0. The van der Waals surface area contributed by atoms with Gasteiger partial charge in [-0.15, -0.1) is 0 Å². The number of nitrogens with zero attached hydrogens (tertiary/aromatic N) is 1. The van der Waals surface area contributed by atoms with Gasteiger partial charge in [-0.2, -0.15) is 0 Å². The van der Waals surface area contributed by atoms with E-state index in [2.05, 4.69) is 144 Å². The Morgan fingerprint density at radius 2 is 0.658 bits per heavy atom. The Kier molecular flexibility index (Phi) is 6.76. The first kappa shape index (κ1) is 23.8. The van der Waals surface area contributed by atoms with Crippen molar-refractivity contribution in [1.29, 1.82) is 0 Å². The fourth-order valence-corrected chi connectivity index (χ4v) is 4.99. The van der Waals surface area contributed by atoms with Crippen molar-refractivity contribution in [1.82, 2.24) is 0 Å². The number of hydrogen-bond acceptors (Lipinski definition) is 1. The zero-order valence-electron chi connectivity index (χ0n) is 20.8. The summed E-state index contributed by atoms with van der Waals surface area (Å²) in [4.78, 5) is 2.26. The molecule has 182 valence electrons. The summed E-state index contributed by atoms with van der Waals surface area (Å²) in [6.45, 7) is 0. The van der Waals surface area contributed by atoms with Crippen LogP contribution in [0.4, 0.5) is 17.1 Å². The Labute approximate surface area is 229 Å². The van der Waals surface area contributed by atoms with Gasteiger partial charge in [0, 0.05) is 22.1 Å². The zero-order chi connectivity index (χ0) is 25.7. The largest absolute Gasteiger partial charge is 0.311 e. The first-order valence-corrected chi connectivity index (χ1v) is 13.1. The lowest BCUT2D eigenvalue weighted by atomic mass is 9.94. The Bertz CT molecular complexity index is 1620. The maximum atomic E-state index is 6.23. The predicted octanol–water partition coefficient (Wildman–Crippen LogP) is 10.8. The first-order valence-electron chi connectivity index (χ1n) is 12.7. The van der Waals surface area contributed by atoms with Crippen LogP contribution in [-0.2, 0) is 0 Å². The number of hydrogen-bond donors (Lipinski definition) is 0. The van der Waals surface area contributed by atoms with Gasteiger partial charge in [-0.05, 0) is 81.9 Å². The quantitative estimate of drug-likeness (QED) is 0.216. The van der Waals surface area contributed by atoms with Gasteiger partial charge in [0.05, 0.1) is 0 Å². The zero-order valence-corrected chi connectivity index (χ0v) is 21.6. The van der Waals surface area contributed by atoms with Crippen LogP contribution in [0.25, 0.3) is 33.4 Å². The standard InChI is InChI=1S/C36H26ClN/c37-31-19-25-34(26-20-31)38(32-21-15-28(16-22-32)27-9-3-1-4-10-27)33-23-17-30(18-24-33)36-14-8-7-13-35(36)29-11-5-2-6-12-29/h1-26H. The molecule has 0 spiro atoms. The third kappa shape index (κ3) is 4.98. The molecule has 38 heavy (non-hydrogen) atoms. The molecule has 2 heteroatoms. The second kappa shape index (κ2) is 10.8. The lowest BCUT2D eigenvalue weighted by molar-refractivity contribution is 1.28. The van der Waals surface area contributed by atoms with Gasteiger partial charge in [0.25, 0.3) is 0 Å². The molecule has 0 bridgehead atoms. The summed E-state index contributed by atoms with van der Waals surface area (Å²) in [5.74, 6) is 0. The molecule has 0 saturated heterocycles. The molecule has 0 saturated carbocycles. The molecule has 0 aliphatic carbocycles. The number of benzene rings is 6. The third-order valence-electron chi connectivity index (χ3n) is 6.77. The van der Waals surface area contributed by atoms with E-state index in [0.29, 0.717) is 0 Å². The minimum absolute atomic E-state index is 0.723. The van der Waals surface area contributed by atoms with Crippen molar-refractivity contribution in [3.63, 3.8) is 0 Å². The molecule has 6 aromatic rings. The summed E-state index contributed by atoms with van der Waals surface area (Å²) in [7, 11) is 0. The van der Waals surface area contributed by atoms with Crippen LogP contribution in [0.5, 0.6) is 0 Å². The average Bonchev–Trinajstić information content (AvgIpc) is 3.00. The van der Waals surface area contributed by atoms with E-state index in [1.807, 2.05) is 18.2 Å². The maximum absolute atomic E-state index is 6.23. The molecule has 0 unspecified atom stereocenters. The van der Waals surface area contributed by atoms with Crippen LogP contribution in [0.3, 0.4) is 0 Å². The number of halogens is 1. The monoisotopic (exact) mass is 507 g/mol. The molecular weight excluding hydrogens is 482 g/mol. The van der Waals surface area contributed by atoms with Crippen LogP contribution >= 0.6 is 11.6 Å². The average molecular weight is 508 g/mol. The van der Waals surface area contributed by atoms with E-state index in [-0.39, 0.29) is 0 Å². The van der Waals surface area contributed by atoms with Crippen molar-refractivity contribution in [3.8, 4) is 33.4 Å². The molecule has 0 amide bonds. The Morgan fingerprint density at radius 3 is 1.16 bits per heavy atom. The highest BCUT2D eigenvalue weighted by Gasteiger charge is 2.14. The minimum Gasteiger partial charge on any atom is -0.311 e. The summed E-state index contributed by atoms with van der Waals surface area (Å²) >= 11 is 6.23. The summed E-state index contributed by atoms with van der Waals surface area (Å²) in [6.07, 6.45) is 0. The van der Waals surface area contributed by atoms with Crippen molar-refractivity contribution in [2.75, 3.05) is 4.90 Å². The van der Waals surface area contributed by atoms with Gasteiger partial charge in [0.15, 0.2) is 0 Å². The number of rotatable bonds is 6. The van der Waals surface area contributed by atoms with E-state index in [1.165, 1.54) is 33.4 Å². The molecular formula is C36H26ClN. The molecule has 6 aromatic carbocycles. The second-order valence-electron chi connectivity index (χ2n) is 9.18. The van der Waals surface area contributed by atoms with Crippen LogP contribution in [0, 0.1) is 0 Å². The van der Waals surface area contributed by atoms with Crippen molar-refractivity contribution in [2.24, 2.45) is 0 Å². The van der Waals surface area contributed by atoms with Gasteiger partial charge in [-0.3, -0.25) is 0 Å². The molecule has 1 nitrogen and oxygen atoms in total. The van der Waals surface area contributed by atoms with Gasteiger partial charge in [-0.25, -0.2) is 0 Å². The van der Waals surface area contributed by atoms with E-state index in [4.69, 9.17) is 11.6 Å². The Morgan fingerprint density at radius 1 is 0.316 bits per heavy atom. The van der Waals surface area contributed by atoms with Crippen LogP contribution in [-0.4, -0.2) is 0 Å². The molecule has 0 heterocycles. The van der Waals surface area contributed by atoms with E-state index >= 15 is 0 Å². The number of anilines is 3. The molecule has 0 aliphatic heterocycles. The van der Waals surface area contributed by atoms with Gasteiger partial charge in [-0.1, -0.05) is 121 Å². The first-order chi connectivity index (χ1) is 18.8. The van der Waals surface area contributed by atoms with E-state index in [9.17, 15) is 0 Å². The van der Waals surface area contributed by atoms with Gasteiger partial charge >= 0.3 is 0 Å². The van der Waals surface area contributed by atoms with Crippen molar-refractivity contribution >= 4 is 28.7 Å². The van der Waals surface area contributed by atoms with Gasteiger partial charge < -0.3 is 4.90 Å². The fraction of sp³-hybridized carbons (Fsp3) is 0. The fourth-order valence-electron chi connectivity index (χ4n) is 4.87. The highest BCUT2D eigenvalue weighted by Crippen LogP contribution is 2.38. The van der Waals surface area contributed by atoms with Crippen LogP contribution in [0.1, 0.15) is 0 Å². The van der Waals surface area contributed by atoms with Gasteiger partial charge in [0.2, 0.25) is 0 Å². The summed E-state index contributed by atoms with van der Waals surface area (Å²) in [6, 6.07) is 55.1. The summed E-state index contributed by atoms with van der Waals surface area (Å²) in [5.41, 5.74) is 10.5. The second-order valence-corrected chi connectivity index (χ2v) is 9.62. The molecule has 0 aromatic heterocycles. The Hall–Kier alpha value is -4.59. The normalized spacial score (nSPS) is 10.8. The topological polar surface area (TPSA) is 3.24 Å². The molecule has 0 fully saturated rings. The lowest BCUT2D eigenvalue weighted by Gasteiger charge is -2.26. The molecule has 6 rings (SSSR count). The smallest absolute Gasteiger partial charge is 0.0462 e. The van der Waals surface area contributed by atoms with E-state index in [1.54, 1.807) is 0 Å². The SMILES string of the molecule is Clc1ccc(N(c2ccc(-c3ccccc3)cc2)c2ccc(-c3ccccc3-c3ccccc3)cc2)cc1. The van der Waals surface area contributed by atoms with Crippen LogP contribution in [0.15, 0.2) is 158 Å². The summed E-state index contributed by atoms with van der Waals surface area (Å²) in [5, 5.41) is 0.723. The highest BCUT2D eigenvalue weighted by atomic mass is 35.5. The van der Waals surface area contributed by atoms with E-state index < -0.39 is 0 Å². The van der Waals surface area contributed by atoms with Crippen LogP contribution in [0.2, 0.25) is 5.02 Å². The van der Waals surface area contributed by atoms with E-state index in [0.717, 1.165) is 22.1 Å². The van der Waals surface area contributed by atoms with Crippen molar-refractivity contribution in [3.05, 3.63) is 163 Å². The highest BCUT2D eigenvalue weighted by molar-refractivity contribution is 6.30.